The van der Waals surface area contributed by atoms with Gasteiger partial charge in [-0.05, 0) is 109 Å². The van der Waals surface area contributed by atoms with E-state index in [2.05, 4.69) is 142 Å². The van der Waals surface area contributed by atoms with Crippen LogP contribution in [0.25, 0.3) is 0 Å². The number of rotatable bonds is 43. The summed E-state index contributed by atoms with van der Waals surface area (Å²) < 4.78 is 16.6. The van der Waals surface area contributed by atoms with Crippen molar-refractivity contribution in [2.75, 3.05) is 13.2 Å². The second-order valence-corrected chi connectivity index (χ2v) is 16.0. The lowest BCUT2D eigenvalue weighted by Crippen LogP contribution is -2.30. The van der Waals surface area contributed by atoms with Gasteiger partial charge in [-0.25, -0.2) is 0 Å². The normalized spacial score (nSPS) is 13.4. The molecule has 0 saturated carbocycles. The van der Waals surface area contributed by atoms with Crippen molar-refractivity contribution >= 4 is 17.9 Å². The van der Waals surface area contributed by atoms with E-state index in [0.29, 0.717) is 19.3 Å². The minimum absolute atomic E-state index is 0.145. The monoisotopic (exact) mass is 907 g/mol. The molecule has 366 valence electrons. The van der Waals surface area contributed by atoms with Crippen molar-refractivity contribution in [2.24, 2.45) is 0 Å². The van der Waals surface area contributed by atoms with E-state index in [1.807, 2.05) is 36.5 Å². The molecule has 0 aromatic heterocycles. The van der Waals surface area contributed by atoms with Crippen LogP contribution in [-0.2, 0) is 28.6 Å². The van der Waals surface area contributed by atoms with Crippen LogP contribution in [0, 0.1) is 0 Å². The summed E-state index contributed by atoms with van der Waals surface area (Å²) in [7, 11) is 0. The molecule has 1 atom stereocenters. The molecule has 6 nitrogen and oxygen atoms in total. The molecule has 0 fully saturated rings. The Morgan fingerprint density at radius 3 is 1.23 bits per heavy atom. The summed E-state index contributed by atoms with van der Waals surface area (Å²) in [5.41, 5.74) is 0. The van der Waals surface area contributed by atoms with Gasteiger partial charge >= 0.3 is 17.9 Å². The van der Waals surface area contributed by atoms with E-state index in [1.165, 1.54) is 25.7 Å². The molecule has 0 rings (SSSR count). The molecule has 0 aliphatic carbocycles. The first-order valence-corrected chi connectivity index (χ1v) is 25.5. The van der Waals surface area contributed by atoms with Gasteiger partial charge in [-0.15, -0.1) is 0 Å². The van der Waals surface area contributed by atoms with Crippen molar-refractivity contribution in [1.82, 2.24) is 0 Å². The van der Waals surface area contributed by atoms with Gasteiger partial charge in [0.25, 0.3) is 0 Å². The average Bonchev–Trinajstić information content (AvgIpc) is 3.31. The molecule has 6 heteroatoms. The third-order valence-corrected chi connectivity index (χ3v) is 9.86. The Bertz CT molecular complexity index is 1560. The van der Waals surface area contributed by atoms with Crippen molar-refractivity contribution in [2.45, 2.75) is 187 Å². The standard InChI is InChI=1S/C60H90O6/c1-4-7-10-13-16-19-22-25-28-30-33-35-38-41-44-47-50-53-59(62)65-56-57(55-64-58(61)52-49-46-43-40-37-34-31-27-24-21-18-15-12-9-6-3)66-60(63)54-51-48-45-42-39-36-32-29-26-23-20-17-14-11-8-5-2/h8-9,11-12,15-21,24-29,31,33,35-36,39,41,44-45,48,57H,4-7,10,13-14,22-23,30,32,34,37-38,40,42-43,46-47,49-56H2,1-3H3/b11-8-,12-9-,18-15-,19-16-,20-17-,24-21-,28-25-,29-26-,31-27-,35-33-,39-36-,44-41-,48-45-. The van der Waals surface area contributed by atoms with Gasteiger partial charge in [-0.3, -0.25) is 14.4 Å². The minimum atomic E-state index is -0.857. The van der Waals surface area contributed by atoms with Crippen LogP contribution in [0.4, 0.5) is 0 Å². The zero-order valence-corrected chi connectivity index (χ0v) is 41.6. The lowest BCUT2D eigenvalue weighted by Gasteiger charge is -2.18. The second-order valence-electron chi connectivity index (χ2n) is 16.0. The summed E-state index contributed by atoms with van der Waals surface area (Å²) in [6, 6.07) is 0. The maximum atomic E-state index is 12.8. The number of carbonyl (C=O) groups excluding carboxylic acids is 3. The van der Waals surface area contributed by atoms with E-state index in [1.54, 1.807) is 0 Å². The molecular weight excluding hydrogens is 817 g/mol. The summed E-state index contributed by atoms with van der Waals surface area (Å²) in [5.74, 6) is -1.12. The van der Waals surface area contributed by atoms with E-state index in [4.69, 9.17) is 14.2 Å². The minimum Gasteiger partial charge on any atom is -0.462 e. The quantitative estimate of drug-likeness (QED) is 0.0199. The summed E-state index contributed by atoms with van der Waals surface area (Å²) in [6.07, 6.45) is 76.7. The van der Waals surface area contributed by atoms with Crippen LogP contribution < -0.4 is 0 Å². The fourth-order valence-corrected chi connectivity index (χ4v) is 6.08. The third kappa shape index (κ3) is 50.0. The molecule has 0 bridgehead atoms. The Kier molecular flexibility index (Phi) is 48.7. The van der Waals surface area contributed by atoms with Crippen LogP contribution in [0.15, 0.2) is 158 Å². The van der Waals surface area contributed by atoms with E-state index in [0.717, 1.165) is 103 Å². The van der Waals surface area contributed by atoms with E-state index in [-0.39, 0.29) is 38.0 Å². The number of hydrogen-bond acceptors (Lipinski definition) is 6. The lowest BCUT2D eigenvalue weighted by molar-refractivity contribution is -0.166. The van der Waals surface area contributed by atoms with Crippen molar-refractivity contribution < 1.29 is 28.6 Å². The number of hydrogen-bond donors (Lipinski definition) is 0. The summed E-state index contributed by atoms with van der Waals surface area (Å²) in [6.45, 7) is 6.19. The van der Waals surface area contributed by atoms with Crippen molar-refractivity contribution in [3.05, 3.63) is 158 Å². The smallest absolute Gasteiger partial charge is 0.306 e. The highest BCUT2D eigenvalue weighted by Gasteiger charge is 2.19. The van der Waals surface area contributed by atoms with Gasteiger partial charge in [-0.2, -0.15) is 0 Å². The number of carbonyl (C=O) groups is 3. The van der Waals surface area contributed by atoms with Gasteiger partial charge in [0.1, 0.15) is 13.2 Å². The molecule has 0 aliphatic heterocycles. The van der Waals surface area contributed by atoms with Gasteiger partial charge in [0, 0.05) is 19.3 Å². The second kappa shape index (κ2) is 52.7. The lowest BCUT2D eigenvalue weighted by atomic mass is 10.1. The highest BCUT2D eigenvalue weighted by Crippen LogP contribution is 2.10. The van der Waals surface area contributed by atoms with Crippen molar-refractivity contribution in [3.63, 3.8) is 0 Å². The Labute approximate surface area is 403 Å². The Morgan fingerprint density at radius 2 is 0.712 bits per heavy atom. The summed E-state index contributed by atoms with van der Waals surface area (Å²) in [5, 5.41) is 0. The van der Waals surface area contributed by atoms with Gasteiger partial charge in [-0.1, -0.05) is 211 Å². The van der Waals surface area contributed by atoms with Crippen molar-refractivity contribution in [3.8, 4) is 0 Å². The maximum absolute atomic E-state index is 12.8. The van der Waals surface area contributed by atoms with Crippen molar-refractivity contribution in [1.29, 1.82) is 0 Å². The first-order chi connectivity index (χ1) is 32.5. The van der Waals surface area contributed by atoms with Gasteiger partial charge in [0.15, 0.2) is 6.10 Å². The summed E-state index contributed by atoms with van der Waals surface area (Å²) in [4.78, 5) is 37.9. The largest absolute Gasteiger partial charge is 0.462 e. The first kappa shape index (κ1) is 61.0. The van der Waals surface area contributed by atoms with Crippen LogP contribution in [0.3, 0.4) is 0 Å². The molecule has 66 heavy (non-hydrogen) atoms. The van der Waals surface area contributed by atoms with E-state index < -0.39 is 12.1 Å². The van der Waals surface area contributed by atoms with Crippen LogP contribution >= 0.6 is 0 Å². The first-order valence-electron chi connectivity index (χ1n) is 25.5. The van der Waals surface area contributed by atoms with E-state index in [9.17, 15) is 14.4 Å². The molecule has 0 aromatic carbocycles. The zero-order chi connectivity index (χ0) is 47.9. The molecule has 0 aromatic rings. The summed E-state index contributed by atoms with van der Waals surface area (Å²) >= 11 is 0. The predicted octanol–water partition coefficient (Wildman–Crippen LogP) is 17.0. The van der Waals surface area contributed by atoms with Crippen LogP contribution in [-0.4, -0.2) is 37.2 Å². The molecule has 0 aliphatic rings. The number of unbranched alkanes of at least 4 members (excludes halogenated alkanes) is 9. The molecular formula is C60H90O6. The third-order valence-electron chi connectivity index (χ3n) is 9.86. The SMILES string of the molecule is CC\C=C/C=C\C=C/C=C\CCCCCCCC(=O)OCC(COC(=O)CCC/C=C\C/C=C\C/C=C\C/C=C\CCCCC)OC(=O)CC/C=C\C/C=C\C/C=C\C/C=C\C/C=C\CC. The molecule has 1 unspecified atom stereocenters. The Balaban J connectivity index is 4.67. The molecule has 0 saturated heterocycles. The molecule has 0 N–H and O–H groups in total. The van der Waals surface area contributed by atoms with Gasteiger partial charge in [0.2, 0.25) is 0 Å². The fourth-order valence-electron chi connectivity index (χ4n) is 6.08. The molecule has 0 spiro atoms. The average molecular weight is 907 g/mol. The molecule has 0 radical (unpaired) electrons. The molecule has 0 amide bonds. The highest BCUT2D eigenvalue weighted by atomic mass is 16.6. The Hall–Kier alpha value is -4.97. The topological polar surface area (TPSA) is 78.9 Å². The van der Waals surface area contributed by atoms with Crippen LogP contribution in [0.2, 0.25) is 0 Å². The zero-order valence-electron chi connectivity index (χ0n) is 41.6. The highest BCUT2D eigenvalue weighted by molar-refractivity contribution is 5.71. The Morgan fingerprint density at radius 1 is 0.333 bits per heavy atom. The number of allylic oxidation sites excluding steroid dienone is 26. The fraction of sp³-hybridized carbons (Fsp3) is 0.517. The number of esters is 3. The number of ether oxygens (including phenoxy) is 3. The maximum Gasteiger partial charge on any atom is 0.306 e. The van der Waals surface area contributed by atoms with Crippen LogP contribution in [0.1, 0.15) is 181 Å². The van der Waals surface area contributed by atoms with Gasteiger partial charge < -0.3 is 14.2 Å². The van der Waals surface area contributed by atoms with Gasteiger partial charge in [0.05, 0.1) is 0 Å². The predicted molar refractivity (Wildman–Crippen MR) is 283 cm³/mol. The van der Waals surface area contributed by atoms with Crippen LogP contribution in [0.5, 0.6) is 0 Å². The van der Waals surface area contributed by atoms with E-state index >= 15 is 0 Å². The molecule has 0 heterocycles.